The molecule has 0 unspecified atom stereocenters. The maximum Gasteiger partial charge on any atom is 0.336 e. The van der Waals surface area contributed by atoms with Gasteiger partial charge in [-0.15, -0.1) is 0 Å². The molecule has 0 fully saturated rings. The Morgan fingerprint density at radius 3 is 2.74 bits per heavy atom. The zero-order valence-corrected chi connectivity index (χ0v) is 13.5. The zero-order chi connectivity index (χ0) is 16.7. The number of aromatic nitrogens is 2. The maximum absolute atomic E-state index is 14.3. The summed E-state index contributed by atoms with van der Waals surface area (Å²) in [5.41, 5.74) is -0.133. The molecule has 0 saturated carbocycles. The highest BCUT2D eigenvalue weighted by atomic mass is 35.5. The van der Waals surface area contributed by atoms with E-state index < -0.39 is 11.5 Å². The Morgan fingerprint density at radius 1 is 1.35 bits per heavy atom. The summed E-state index contributed by atoms with van der Waals surface area (Å²) in [4.78, 5) is 12.5. The SMILES string of the molecule is CC(C)Oc1cc(-n2c(O)c3n(c2=O)CC=CC3)c(F)cc1Cl. The van der Waals surface area contributed by atoms with Gasteiger partial charge < -0.3 is 9.84 Å². The molecule has 0 atom stereocenters. The van der Waals surface area contributed by atoms with Crippen LogP contribution in [0.1, 0.15) is 19.5 Å². The van der Waals surface area contributed by atoms with E-state index in [4.69, 9.17) is 16.3 Å². The van der Waals surface area contributed by atoms with Gasteiger partial charge in [0.25, 0.3) is 0 Å². The first-order valence-electron chi connectivity index (χ1n) is 7.24. The molecule has 122 valence electrons. The van der Waals surface area contributed by atoms with Crippen LogP contribution in [-0.2, 0) is 13.0 Å². The molecule has 1 aromatic carbocycles. The Hall–Kier alpha value is -2.21. The minimum absolute atomic E-state index is 0.0885. The third kappa shape index (κ3) is 2.63. The standard InChI is InChI=1S/C16H16ClFN2O3/c1-9(2)23-14-8-13(11(18)7-10(14)17)20-15(21)12-5-3-4-6-19(12)16(20)22/h3-4,7-9,21H,5-6H2,1-2H3. The Kier molecular flexibility index (Phi) is 3.93. The molecule has 0 saturated heterocycles. The highest BCUT2D eigenvalue weighted by molar-refractivity contribution is 6.32. The van der Waals surface area contributed by atoms with Crippen molar-refractivity contribution < 1.29 is 14.2 Å². The van der Waals surface area contributed by atoms with Crippen molar-refractivity contribution >= 4 is 11.6 Å². The molecule has 1 aliphatic heterocycles. The fraction of sp³-hybridized carbons (Fsp3) is 0.312. The van der Waals surface area contributed by atoms with Gasteiger partial charge in [0.05, 0.1) is 22.5 Å². The molecule has 1 aromatic heterocycles. The molecule has 2 aromatic rings. The summed E-state index contributed by atoms with van der Waals surface area (Å²) >= 11 is 5.98. The van der Waals surface area contributed by atoms with Crippen LogP contribution in [0.2, 0.25) is 5.02 Å². The largest absolute Gasteiger partial charge is 0.493 e. The Bertz CT molecular complexity index is 852. The van der Waals surface area contributed by atoms with Crippen LogP contribution in [0.4, 0.5) is 4.39 Å². The number of imidazole rings is 1. The lowest BCUT2D eigenvalue weighted by molar-refractivity contribution is 0.242. The van der Waals surface area contributed by atoms with E-state index in [2.05, 4.69) is 0 Å². The van der Waals surface area contributed by atoms with E-state index in [0.29, 0.717) is 18.7 Å². The van der Waals surface area contributed by atoms with Gasteiger partial charge in [-0.3, -0.25) is 4.57 Å². The van der Waals surface area contributed by atoms with Crippen molar-refractivity contribution in [2.24, 2.45) is 0 Å². The van der Waals surface area contributed by atoms with Crippen molar-refractivity contribution in [2.45, 2.75) is 32.9 Å². The number of benzene rings is 1. The number of nitrogens with zero attached hydrogens (tertiary/aromatic N) is 2. The number of hydrogen-bond donors (Lipinski definition) is 1. The van der Waals surface area contributed by atoms with Gasteiger partial charge in [-0.25, -0.2) is 13.8 Å². The lowest BCUT2D eigenvalue weighted by Crippen LogP contribution is -2.25. The van der Waals surface area contributed by atoms with Crippen LogP contribution in [0.15, 0.2) is 29.1 Å². The highest BCUT2D eigenvalue weighted by Crippen LogP contribution is 2.32. The van der Waals surface area contributed by atoms with Gasteiger partial charge in [0, 0.05) is 19.0 Å². The number of halogens is 2. The van der Waals surface area contributed by atoms with Crippen molar-refractivity contribution in [1.29, 1.82) is 0 Å². The van der Waals surface area contributed by atoms with Crippen LogP contribution in [0.3, 0.4) is 0 Å². The summed E-state index contributed by atoms with van der Waals surface area (Å²) in [7, 11) is 0. The monoisotopic (exact) mass is 338 g/mol. The summed E-state index contributed by atoms with van der Waals surface area (Å²) < 4.78 is 22.2. The Labute approximate surface area is 137 Å². The van der Waals surface area contributed by atoms with Crippen molar-refractivity contribution in [1.82, 2.24) is 9.13 Å². The van der Waals surface area contributed by atoms with Gasteiger partial charge in [-0.05, 0) is 19.9 Å². The zero-order valence-electron chi connectivity index (χ0n) is 12.7. The molecule has 3 rings (SSSR count). The van der Waals surface area contributed by atoms with E-state index in [9.17, 15) is 14.3 Å². The second kappa shape index (κ2) is 5.77. The summed E-state index contributed by atoms with van der Waals surface area (Å²) in [5.74, 6) is -0.720. The molecule has 5 nitrogen and oxygen atoms in total. The van der Waals surface area contributed by atoms with E-state index in [0.717, 1.165) is 10.6 Å². The summed E-state index contributed by atoms with van der Waals surface area (Å²) in [6.07, 6.45) is 3.93. The molecule has 2 heterocycles. The molecule has 0 radical (unpaired) electrons. The number of hydrogen-bond acceptors (Lipinski definition) is 3. The third-order valence-electron chi connectivity index (χ3n) is 3.59. The van der Waals surface area contributed by atoms with Crippen LogP contribution < -0.4 is 10.4 Å². The van der Waals surface area contributed by atoms with Crippen molar-refractivity contribution in [2.75, 3.05) is 0 Å². The molecule has 0 aliphatic carbocycles. The topological polar surface area (TPSA) is 56.4 Å². The highest BCUT2D eigenvalue weighted by Gasteiger charge is 2.24. The van der Waals surface area contributed by atoms with E-state index >= 15 is 0 Å². The second-order valence-corrected chi connectivity index (χ2v) is 5.98. The molecular weight excluding hydrogens is 323 g/mol. The molecule has 1 N–H and O–H groups in total. The van der Waals surface area contributed by atoms with Crippen LogP contribution in [0.25, 0.3) is 5.69 Å². The van der Waals surface area contributed by atoms with E-state index in [1.165, 1.54) is 10.6 Å². The lowest BCUT2D eigenvalue weighted by atomic mass is 10.2. The number of aromatic hydroxyl groups is 1. The van der Waals surface area contributed by atoms with E-state index in [1.54, 1.807) is 0 Å². The second-order valence-electron chi connectivity index (χ2n) is 5.58. The van der Waals surface area contributed by atoms with Gasteiger partial charge in [-0.1, -0.05) is 23.8 Å². The minimum atomic E-state index is -0.709. The lowest BCUT2D eigenvalue weighted by Gasteiger charge is -2.14. The molecule has 0 amide bonds. The van der Waals surface area contributed by atoms with Crippen LogP contribution >= 0.6 is 11.6 Å². The van der Waals surface area contributed by atoms with Crippen LogP contribution in [0, 0.1) is 5.82 Å². The predicted molar refractivity (Wildman–Crippen MR) is 85.3 cm³/mol. The predicted octanol–water partition coefficient (Wildman–Crippen LogP) is 3.04. The summed E-state index contributed by atoms with van der Waals surface area (Å²) in [6, 6.07) is 2.41. The fourth-order valence-electron chi connectivity index (χ4n) is 2.59. The molecule has 0 spiro atoms. The first-order valence-corrected chi connectivity index (χ1v) is 7.62. The normalized spacial score (nSPS) is 13.4. The Balaban J connectivity index is 2.20. The smallest absolute Gasteiger partial charge is 0.336 e. The van der Waals surface area contributed by atoms with Crippen molar-refractivity contribution in [3.63, 3.8) is 0 Å². The van der Waals surface area contributed by atoms with Gasteiger partial charge in [-0.2, -0.15) is 0 Å². The molecular formula is C16H16ClFN2O3. The third-order valence-corrected chi connectivity index (χ3v) is 3.88. The summed E-state index contributed by atoms with van der Waals surface area (Å²) in [6.45, 7) is 3.97. The molecule has 23 heavy (non-hydrogen) atoms. The molecule has 7 heteroatoms. The average Bonchev–Trinajstić information content (AvgIpc) is 2.74. The van der Waals surface area contributed by atoms with Crippen LogP contribution in [0.5, 0.6) is 11.6 Å². The number of fused-ring (bicyclic) bond motifs is 1. The van der Waals surface area contributed by atoms with Crippen LogP contribution in [-0.4, -0.2) is 20.3 Å². The average molecular weight is 339 g/mol. The van der Waals surface area contributed by atoms with E-state index in [-0.39, 0.29) is 28.4 Å². The first kappa shape index (κ1) is 15.7. The quantitative estimate of drug-likeness (QED) is 0.875. The van der Waals surface area contributed by atoms with Crippen molar-refractivity contribution in [3.05, 3.63) is 51.3 Å². The van der Waals surface area contributed by atoms with Gasteiger partial charge >= 0.3 is 5.69 Å². The number of rotatable bonds is 3. The number of allylic oxidation sites excluding steroid dienone is 2. The fourth-order valence-corrected chi connectivity index (χ4v) is 2.79. The Morgan fingerprint density at radius 2 is 2.09 bits per heavy atom. The summed E-state index contributed by atoms with van der Waals surface area (Å²) in [5, 5.41) is 10.5. The van der Waals surface area contributed by atoms with Gasteiger partial charge in [0.1, 0.15) is 11.6 Å². The van der Waals surface area contributed by atoms with Gasteiger partial charge in [0.2, 0.25) is 5.88 Å². The number of ether oxygens (including phenoxy) is 1. The maximum atomic E-state index is 14.3. The van der Waals surface area contributed by atoms with Gasteiger partial charge in [0.15, 0.2) is 0 Å². The van der Waals surface area contributed by atoms with Crippen molar-refractivity contribution in [3.8, 4) is 17.3 Å². The van der Waals surface area contributed by atoms with E-state index in [1.807, 2.05) is 26.0 Å². The molecule has 1 aliphatic rings. The minimum Gasteiger partial charge on any atom is -0.493 e. The molecule has 0 bridgehead atoms. The first-order chi connectivity index (χ1) is 10.9.